The third kappa shape index (κ3) is 14.7. The fourth-order valence-electron chi connectivity index (χ4n) is 1.35. The summed E-state index contributed by atoms with van der Waals surface area (Å²) in [6, 6.07) is 0. The maximum Gasteiger partial charge on any atom is 0.302 e. The van der Waals surface area contributed by atoms with Crippen LogP contribution < -0.4 is 0 Å². The molecule has 0 aromatic carbocycles. The number of hydrogen-bond donors (Lipinski definition) is 0. The molecule has 96 valence electrons. The van der Waals surface area contributed by atoms with Crippen LogP contribution in [0.15, 0.2) is 36.5 Å². The van der Waals surface area contributed by atoms with Crippen LogP contribution in [-0.2, 0) is 9.53 Å². The predicted molar refractivity (Wildman–Crippen MR) is 72.8 cm³/mol. The van der Waals surface area contributed by atoms with Crippen molar-refractivity contribution in [1.29, 1.82) is 0 Å². The molecule has 0 atom stereocenters. The predicted octanol–water partition coefficient (Wildman–Crippen LogP) is 4.19. The summed E-state index contributed by atoms with van der Waals surface area (Å²) in [5.41, 5.74) is 0. The number of allylic oxidation sites excluding steroid dienone is 6. The van der Waals surface area contributed by atoms with Gasteiger partial charge in [0, 0.05) is 6.92 Å². The van der Waals surface area contributed by atoms with E-state index in [0.717, 1.165) is 19.3 Å². The summed E-state index contributed by atoms with van der Waals surface area (Å²) in [4.78, 5) is 10.5. The highest BCUT2D eigenvalue weighted by atomic mass is 16.5. The highest BCUT2D eigenvalue weighted by Crippen LogP contribution is 2.04. The van der Waals surface area contributed by atoms with E-state index >= 15 is 0 Å². The number of esters is 1. The van der Waals surface area contributed by atoms with E-state index in [1.807, 2.05) is 31.2 Å². The van der Waals surface area contributed by atoms with Crippen molar-refractivity contribution in [2.24, 2.45) is 0 Å². The van der Waals surface area contributed by atoms with E-state index in [0.29, 0.717) is 6.61 Å². The van der Waals surface area contributed by atoms with Gasteiger partial charge in [-0.25, -0.2) is 0 Å². The van der Waals surface area contributed by atoms with Crippen LogP contribution in [0.4, 0.5) is 0 Å². The van der Waals surface area contributed by atoms with Crippen LogP contribution in [0.3, 0.4) is 0 Å². The largest absolute Gasteiger partial charge is 0.466 e. The van der Waals surface area contributed by atoms with Crippen LogP contribution in [0.5, 0.6) is 0 Å². The summed E-state index contributed by atoms with van der Waals surface area (Å²) in [6.45, 7) is 4.02. The Kier molecular flexibility index (Phi) is 11.8. The zero-order chi connectivity index (χ0) is 12.8. The molecule has 0 fully saturated rings. The maximum atomic E-state index is 10.5. The van der Waals surface area contributed by atoms with Crippen molar-refractivity contribution in [3.8, 4) is 0 Å². The lowest BCUT2D eigenvalue weighted by Crippen LogP contribution is -1.99. The van der Waals surface area contributed by atoms with Crippen molar-refractivity contribution in [1.82, 2.24) is 0 Å². The Hall–Kier alpha value is -1.31. The number of ether oxygens (including phenoxy) is 1. The fourth-order valence-corrected chi connectivity index (χ4v) is 1.35. The van der Waals surface area contributed by atoms with Gasteiger partial charge in [0.15, 0.2) is 0 Å². The van der Waals surface area contributed by atoms with Crippen LogP contribution in [0, 0.1) is 0 Å². The summed E-state index contributed by atoms with van der Waals surface area (Å²) in [5.74, 6) is -0.180. The lowest BCUT2D eigenvalue weighted by molar-refractivity contribution is -0.141. The molecule has 0 amide bonds. The molecular weight excluding hydrogens is 212 g/mol. The van der Waals surface area contributed by atoms with Gasteiger partial charge in [-0.15, -0.1) is 0 Å². The summed E-state index contributed by atoms with van der Waals surface area (Å²) in [7, 11) is 0. The van der Waals surface area contributed by atoms with E-state index in [-0.39, 0.29) is 5.97 Å². The molecule has 0 N–H and O–H groups in total. The van der Waals surface area contributed by atoms with Gasteiger partial charge < -0.3 is 4.74 Å². The van der Waals surface area contributed by atoms with Crippen LogP contribution in [0.1, 0.15) is 46.0 Å². The minimum absolute atomic E-state index is 0.180. The Morgan fingerprint density at radius 1 is 1.00 bits per heavy atom. The van der Waals surface area contributed by atoms with Crippen LogP contribution in [-0.4, -0.2) is 12.6 Å². The van der Waals surface area contributed by atoms with E-state index in [9.17, 15) is 4.79 Å². The first-order valence-corrected chi connectivity index (χ1v) is 6.35. The summed E-state index contributed by atoms with van der Waals surface area (Å²) in [5, 5.41) is 0. The lowest BCUT2D eigenvalue weighted by Gasteiger charge is -2.00. The topological polar surface area (TPSA) is 26.3 Å². The Bertz CT molecular complexity index is 262. The van der Waals surface area contributed by atoms with Gasteiger partial charge in [0.25, 0.3) is 0 Å². The smallest absolute Gasteiger partial charge is 0.302 e. The van der Waals surface area contributed by atoms with Gasteiger partial charge in [0.2, 0.25) is 0 Å². The summed E-state index contributed by atoms with van der Waals surface area (Å²) < 4.78 is 4.86. The first kappa shape index (κ1) is 15.7. The van der Waals surface area contributed by atoms with Gasteiger partial charge in [-0.05, 0) is 26.2 Å². The van der Waals surface area contributed by atoms with Crippen molar-refractivity contribution in [3.63, 3.8) is 0 Å². The summed E-state index contributed by atoms with van der Waals surface area (Å²) in [6.07, 6.45) is 18.0. The molecule has 0 saturated carbocycles. The van der Waals surface area contributed by atoms with E-state index in [4.69, 9.17) is 4.74 Å². The molecule has 0 rings (SSSR count). The minimum Gasteiger partial charge on any atom is -0.466 e. The molecule has 0 radical (unpaired) electrons. The average Bonchev–Trinajstić information content (AvgIpc) is 2.30. The average molecular weight is 236 g/mol. The minimum atomic E-state index is -0.180. The monoisotopic (exact) mass is 236 g/mol. The zero-order valence-electron chi connectivity index (χ0n) is 11.0. The van der Waals surface area contributed by atoms with Gasteiger partial charge in [-0.1, -0.05) is 49.3 Å². The van der Waals surface area contributed by atoms with E-state index in [1.54, 1.807) is 0 Å². The van der Waals surface area contributed by atoms with Crippen LogP contribution in [0.2, 0.25) is 0 Å². The SMILES string of the molecule is C/C=C/C=C/C=CCCCCCCOC(C)=O. The first-order chi connectivity index (χ1) is 8.27. The second-order valence-electron chi connectivity index (χ2n) is 3.88. The number of hydrogen-bond acceptors (Lipinski definition) is 2. The molecule has 0 heterocycles. The van der Waals surface area contributed by atoms with Crippen LogP contribution >= 0.6 is 0 Å². The van der Waals surface area contributed by atoms with Gasteiger partial charge in [0.1, 0.15) is 0 Å². The molecule has 0 aliphatic carbocycles. The zero-order valence-corrected chi connectivity index (χ0v) is 11.0. The first-order valence-electron chi connectivity index (χ1n) is 6.35. The molecule has 0 aliphatic rings. The summed E-state index contributed by atoms with van der Waals surface area (Å²) >= 11 is 0. The molecule has 17 heavy (non-hydrogen) atoms. The molecule has 0 aromatic rings. The molecule has 0 bridgehead atoms. The quantitative estimate of drug-likeness (QED) is 0.341. The standard InChI is InChI=1S/C15H24O2/c1-3-4-5-6-7-8-9-10-11-12-13-14-17-15(2)16/h3-8H,9-14H2,1-2H3/b4-3+,6-5+,8-7?. The van der Waals surface area contributed by atoms with Gasteiger partial charge in [0.05, 0.1) is 6.61 Å². The Labute approximate surface area is 105 Å². The number of unbranched alkanes of at least 4 members (excludes halogenated alkanes) is 4. The normalized spacial score (nSPS) is 11.9. The molecule has 2 heteroatoms. The van der Waals surface area contributed by atoms with E-state index in [1.165, 1.54) is 19.8 Å². The van der Waals surface area contributed by atoms with Gasteiger partial charge in [-0.2, -0.15) is 0 Å². The van der Waals surface area contributed by atoms with Gasteiger partial charge >= 0.3 is 5.97 Å². The molecule has 0 spiro atoms. The second kappa shape index (κ2) is 12.8. The Morgan fingerprint density at radius 3 is 2.41 bits per heavy atom. The number of rotatable bonds is 9. The third-order valence-electron chi connectivity index (χ3n) is 2.23. The number of carbonyl (C=O) groups is 1. The number of carbonyl (C=O) groups excluding carboxylic acids is 1. The highest BCUT2D eigenvalue weighted by Gasteiger charge is 1.92. The van der Waals surface area contributed by atoms with Crippen molar-refractivity contribution in [2.75, 3.05) is 6.61 Å². The Morgan fingerprint density at radius 2 is 1.71 bits per heavy atom. The van der Waals surface area contributed by atoms with E-state index in [2.05, 4.69) is 12.2 Å². The second-order valence-corrected chi connectivity index (χ2v) is 3.88. The maximum absolute atomic E-state index is 10.5. The molecular formula is C15H24O2. The Balaban J connectivity index is 3.20. The van der Waals surface area contributed by atoms with Crippen molar-refractivity contribution < 1.29 is 9.53 Å². The molecule has 0 saturated heterocycles. The van der Waals surface area contributed by atoms with Crippen molar-refractivity contribution in [3.05, 3.63) is 36.5 Å². The third-order valence-corrected chi connectivity index (χ3v) is 2.23. The van der Waals surface area contributed by atoms with Crippen molar-refractivity contribution in [2.45, 2.75) is 46.0 Å². The van der Waals surface area contributed by atoms with E-state index < -0.39 is 0 Å². The fraction of sp³-hybridized carbons (Fsp3) is 0.533. The van der Waals surface area contributed by atoms with Crippen LogP contribution in [0.25, 0.3) is 0 Å². The molecule has 0 aromatic heterocycles. The van der Waals surface area contributed by atoms with Crippen molar-refractivity contribution >= 4 is 5.97 Å². The lowest BCUT2D eigenvalue weighted by atomic mass is 10.1. The van der Waals surface area contributed by atoms with Gasteiger partial charge in [-0.3, -0.25) is 4.79 Å². The molecule has 0 unspecified atom stereocenters. The molecule has 2 nitrogen and oxygen atoms in total. The highest BCUT2D eigenvalue weighted by molar-refractivity contribution is 5.65. The molecule has 0 aliphatic heterocycles.